The number of hydrogen-bond acceptors (Lipinski definition) is 2. The molecular weight excluding hydrogens is 164 g/mol. The normalized spacial score (nSPS) is 12.6. The molecule has 0 spiro atoms. The van der Waals surface area contributed by atoms with E-state index in [2.05, 4.69) is 13.8 Å². The number of amides is 1. The van der Waals surface area contributed by atoms with Crippen LogP contribution in [-0.4, -0.2) is 30.4 Å². The molecule has 0 aliphatic rings. The highest BCUT2D eigenvalue weighted by molar-refractivity contribution is 5.81. The SMILES string of the molecule is CCCCC(N)C(=O)N(C)CCC. The predicted octanol–water partition coefficient (Wildman–Crippen LogP) is 1.37. The molecule has 1 amide bonds. The topological polar surface area (TPSA) is 46.3 Å². The molecule has 2 N–H and O–H groups in total. The second kappa shape index (κ2) is 6.89. The average Bonchev–Trinajstić information content (AvgIpc) is 2.13. The first kappa shape index (κ1) is 12.4. The fourth-order valence-electron chi connectivity index (χ4n) is 1.28. The van der Waals surface area contributed by atoms with Crippen LogP contribution in [0.3, 0.4) is 0 Å². The maximum atomic E-state index is 11.5. The Morgan fingerprint density at radius 1 is 1.38 bits per heavy atom. The standard InChI is InChI=1S/C10H22N2O/c1-4-6-7-9(11)10(13)12(3)8-5-2/h9H,4-8,11H2,1-3H3. The molecule has 0 saturated carbocycles. The van der Waals surface area contributed by atoms with Gasteiger partial charge in [0.1, 0.15) is 0 Å². The van der Waals surface area contributed by atoms with Gasteiger partial charge in [0.15, 0.2) is 0 Å². The number of hydrogen-bond donors (Lipinski definition) is 1. The first-order chi connectivity index (χ1) is 6.13. The van der Waals surface area contributed by atoms with Crippen LogP contribution in [-0.2, 0) is 4.79 Å². The van der Waals surface area contributed by atoms with Crippen molar-refractivity contribution in [1.29, 1.82) is 0 Å². The highest BCUT2D eigenvalue weighted by atomic mass is 16.2. The van der Waals surface area contributed by atoms with Gasteiger partial charge in [0.2, 0.25) is 5.91 Å². The summed E-state index contributed by atoms with van der Waals surface area (Å²) in [5.41, 5.74) is 5.74. The highest BCUT2D eigenvalue weighted by Gasteiger charge is 2.16. The molecule has 78 valence electrons. The van der Waals surface area contributed by atoms with Gasteiger partial charge in [0.25, 0.3) is 0 Å². The quantitative estimate of drug-likeness (QED) is 0.681. The van der Waals surface area contributed by atoms with E-state index < -0.39 is 0 Å². The van der Waals surface area contributed by atoms with Gasteiger partial charge in [-0.15, -0.1) is 0 Å². The van der Waals surface area contributed by atoms with Gasteiger partial charge in [-0.1, -0.05) is 26.7 Å². The van der Waals surface area contributed by atoms with Gasteiger partial charge in [-0.2, -0.15) is 0 Å². The third kappa shape index (κ3) is 4.88. The number of rotatable bonds is 6. The van der Waals surface area contributed by atoms with E-state index >= 15 is 0 Å². The van der Waals surface area contributed by atoms with Crippen LogP contribution in [0.4, 0.5) is 0 Å². The first-order valence-corrected chi connectivity index (χ1v) is 5.14. The largest absolute Gasteiger partial charge is 0.344 e. The van der Waals surface area contributed by atoms with Crippen molar-refractivity contribution < 1.29 is 4.79 Å². The molecule has 0 aromatic rings. The molecule has 0 bridgehead atoms. The van der Waals surface area contributed by atoms with Crippen molar-refractivity contribution >= 4 is 5.91 Å². The zero-order chi connectivity index (χ0) is 10.3. The monoisotopic (exact) mass is 186 g/mol. The van der Waals surface area contributed by atoms with Gasteiger partial charge in [-0.25, -0.2) is 0 Å². The van der Waals surface area contributed by atoms with E-state index in [9.17, 15) is 4.79 Å². The minimum Gasteiger partial charge on any atom is -0.344 e. The van der Waals surface area contributed by atoms with Crippen LogP contribution in [0.2, 0.25) is 0 Å². The highest BCUT2D eigenvalue weighted by Crippen LogP contribution is 2.01. The van der Waals surface area contributed by atoms with E-state index in [1.807, 2.05) is 7.05 Å². The maximum absolute atomic E-state index is 11.5. The number of nitrogens with zero attached hydrogens (tertiary/aromatic N) is 1. The molecule has 0 rings (SSSR count). The molecule has 13 heavy (non-hydrogen) atoms. The van der Waals surface area contributed by atoms with Gasteiger partial charge in [0.05, 0.1) is 6.04 Å². The molecule has 1 atom stereocenters. The Labute approximate surface area is 81.3 Å². The van der Waals surface area contributed by atoms with Crippen molar-refractivity contribution in [3.63, 3.8) is 0 Å². The Bertz CT molecular complexity index is 148. The lowest BCUT2D eigenvalue weighted by Gasteiger charge is -2.20. The van der Waals surface area contributed by atoms with E-state index in [-0.39, 0.29) is 11.9 Å². The summed E-state index contributed by atoms with van der Waals surface area (Å²) in [6.07, 6.45) is 3.93. The maximum Gasteiger partial charge on any atom is 0.239 e. The Morgan fingerprint density at radius 3 is 2.46 bits per heavy atom. The van der Waals surface area contributed by atoms with E-state index in [0.717, 1.165) is 32.2 Å². The molecular formula is C10H22N2O. The number of carbonyl (C=O) groups is 1. The Balaban J connectivity index is 3.79. The van der Waals surface area contributed by atoms with Crippen LogP contribution in [0.1, 0.15) is 39.5 Å². The van der Waals surface area contributed by atoms with Crippen LogP contribution in [0, 0.1) is 0 Å². The van der Waals surface area contributed by atoms with Crippen molar-refractivity contribution in [1.82, 2.24) is 4.90 Å². The lowest BCUT2D eigenvalue weighted by atomic mass is 10.1. The third-order valence-electron chi connectivity index (χ3n) is 2.12. The van der Waals surface area contributed by atoms with Gasteiger partial charge in [-0.05, 0) is 12.8 Å². The molecule has 0 heterocycles. The van der Waals surface area contributed by atoms with Gasteiger partial charge in [0, 0.05) is 13.6 Å². The average molecular weight is 186 g/mol. The third-order valence-corrected chi connectivity index (χ3v) is 2.12. The van der Waals surface area contributed by atoms with E-state index in [4.69, 9.17) is 5.73 Å². The number of unbranched alkanes of at least 4 members (excludes halogenated alkanes) is 1. The predicted molar refractivity (Wildman–Crippen MR) is 55.4 cm³/mol. The van der Waals surface area contributed by atoms with Crippen molar-refractivity contribution in [3.8, 4) is 0 Å². The minimum absolute atomic E-state index is 0.0790. The van der Waals surface area contributed by atoms with Crippen LogP contribution < -0.4 is 5.73 Å². The van der Waals surface area contributed by atoms with Crippen LogP contribution >= 0.6 is 0 Å². The number of nitrogens with two attached hydrogens (primary N) is 1. The molecule has 0 aliphatic heterocycles. The summed E-state index contributed by atoms with van der Waals surface area (Å²) in [7, 11) is 1.82. The van der Waals surface area contributed by atoms with Crippen LogP contribution in [0.15, 0.2) is 0 Å². The van der Waals surface area contributed by atoms with Crippen molar-refractivity contribution in [2.75, 3.05) is 13.6 Å². The summed E-state index contributed by atoms with van der Waals surface area (Å²) in [5, 5.41) is 0. The molecule has 1 unspecified atom stereocenters. The molecule has 0 saturated heterocycles. The van der Waals surface area contributed by atoms with Gasteiger partial charge < -0.3 is 10.6 Å². The lowest BCUT2D eigenvalue weighted by Crippen LogP contribution is -2.41. The van der Waals surface area contributed by atoms with E-state index in [1.54, 1.807) is 4.90 Å². The Kier molecular flexibility index (Phi) is 6.59. The van der Waals surface area contributed by atoms with Crippen molar-refractivity contribution in [2.24, 2.45) is 5.73 Å². The Morgan fingerprint density at radius 2 is 2.00 bits per heavy atom. The molecule has 3 heteroatoms. The van der Waals surface area contributed by atoms with Crippen molar-refractivity contribution in [3.05, 3.63) is 0 Å². The molecule has 3 nitrogen and oxygen atoms in total. The molecule has 0 aliphatic carbocycles. The summed E-state index contributed by atoms with van der Waals surface area (Å²) >= 11 is 0. The smallest absolute Gasteiger partial charge is 0.239 e. The minimum atomic E-state index is -0.295. The molecule has 0 aromatic heterocycles. The molecule has 0 radical (unpaired) electrons. The zero-order valence-corrected chi connectivity index (χ0v) is 9.05. The zero-order valence-electron chi connectivity index (χ0n) is 9.05. The van der Waals surface area contributed by atoms with E-state index in [0.29, 0.717) is 0 Å². The van der Waals surface area contributed by atoms with E-state index in [1.165, 1.54) is 0 Å². The Hall–Kier alpha value is -0.570. The second-order valence-electron chi connectivity index (χ2n) is 3.51. The van der Waals surface area contributed by atoms with Crippen LogP contribution in [0.25, 0.3) is 0 Å². The fourth-order valence-corrected chi connectivity index (χ4v) is 1.28. The summed E-state index contributed by atoms with van der Waals surface area (Å²) in [6.45, 7) is 4.97. The fraction of sp³-hybridized carbons (Fsp3) is 0.900. The molecule has 0 fully saturated rings. The van der Waals surface area contributed by atoms with Gasteiger partial charge >= 0.3 is 0 Å². The second-order valence-corrected chi connectivity index (χ2v) is 3.51. The van der Waals surface area contributed by atoms with Crippen LogP contribution in [0.5, 0.6) is 0 Å². The van der Waals surface area contributed by atoms with Crippen molar-refractivity contribution in [2.45, 2.75) is 45.6 Å². The summed E-state index contributed by atoms with van der Waals surface area (Å²) in [4.78, 5) is 13.3. The number of likely N-dealkylation sites (N-methyl/N-ethyl adjacent to an activating group) is 1. The molecule has 0 aromatic carbocycles. The first-order valence-electron chi connectivity index (χ1n) is 5.14. The summed E-state index contributed by atoms with van der Waals surface area (Å²) in [6, 6.07) is -0.295. The summed E-state index contributed by atoms with van der Waals surface area (Å²) < 4.78 is 0. The number of carbonyl (C=O) groups excluding carboxylic acids is 1. The summed E-state index contributed by atoms with van der Waals surface area (Å²) in [5.74, 6) is 0.0790. The lowest BCUT2D eigenvalue weighted by molar-refractivity contribution is -0.131. The van der Waals surface area contributed by atoms with Gasteiger partial charge in [-0.3, -0.25) is 4.79 Å².